The summed E-state index contributed by atoms with van der Waals surface area (Å²) >= 11 is 9.65. The molecule has 1 N–H and O–H groups in total. The van der Waals surface area contributed by atoms with Crippen molar-refractivity contribution in [2.24, 2.45) is 0 Å². The monoisotopic (exact) mass is 496 g/mol. The summed E-state index contributed by atoms with van der Waals surface area (Å²) < 4.78 is 2.52. The molecule has 0 saturated carbocycles. The summed E-state index contributed by atoms with van der Waals surface area (Å²) in [5.41, 5.74) is 1.82. The Bertz CT molecular complexity index is 1290. The summed E-state index contributed by atoms with van der Waals surface area (Å²) in [5, 5.41) is 14.0. The number of imide groups is 1. The predicted octanol–water partition coefficient (Wildman–Crippen LogP) is 4.39. The Labute approximate surface area is 192 Å². The van der Waals surface area contributed by atoms with Crippen molar-refractivity contribution in [3.05, 3.63) is 63.2 Å². The molecule has 1 fully saturated rings. The Morgan fingerprint density at radius 2 is 1.97 bits per heavy atom. The van der Waals surface area contributed by atoms with Crippen molar-refractivity contribution >= 4 is 55.9 Å². The van der Waals surface area contributed by atoms with E-state index in [0.29, 0.717) is 42.3 Å². The maximum Gasteiger partial charge on any atom is 0.281 e. The van der Waals surface area contributed by atoms with Crippen LogP contribution in [0, 0.1) is 11.3 Å². The van der Waals surface area contributed by atoms with E-state index in [2.05, 4.69) is 27.3 Å². The molecule has 2 aliphatic rings. The lowest BCUT2D eigenvalue weighted by Gasteiger charge is -2.32. The number of rotatable bonds is 2. The van der Waals surface area contributed by atoms with Crippen LogP contribution in [-0.4, -0.2) is 29.5 Å². The number of amides is 2. The summed E-state index contributed by atoms with van der Waals surface area (Å²) in [6, 6.07) is 14.7. The van der Waals surface area contributed by atoms with Crippen molar-refractivity contribution in [3.63, 3.8) is 0 Å². The molecule has 0 bridgehead atoms. The lowest BCUT2D eigenvalue weighted by Crippen LogP contribution is -2.49. The van der Waals surface area contributed by atoms with Gasteiger partial charge in [0.2, 0.25) is 5.91 Å². The van der Waals surface area contributed by atoms with Crippen LogP contribution in [0.3, 0.4) is 0 Å². The number of aromatic nitrogens is 1. The van der Waals surface area contributed by atoms with E-state index in [1.807, 2.05) is 18.2 Å². The number of anilines is 1. The smallest absolute Gasteiger partial charge is 0.281 e. The molecule has 5 rings (SSSR count). The second-order valence-corrected chi connectivity index (χ2v) is 9.27. The van der Waals surface area contributed by atoms with Crippen LogP contribution in [0.4, 0.5) is 5.69 Å². The molecule has 3 heterocycles. The van der Waals surface area contributed by atoms with Crippen LogP contribution in [0.2, 0.25) is 5.02 Å². The number of fused-ring (bicyclic) bond motifs is 3. The van der Waals surface area contributed by atoms with Crippen molar-refractivity contribution in [1.29, 1.82) is 5.26 Å². The number of carbonyl (C=O) groups excluding carboxylic acids is 2. The minimum atomic E-state index is -0.713. The Morgan fingerprint density at radius 1 is 1.19 bits per heavy atom. The second kappa shape index (κ2) is 7.49. The van der Waals surface area contributed by atoms with Crippen LogP contribution >= 0.6 is 27.5 Å². The SMILES string of the molecule is N#CCn1c(C(=O)N2C(=O)C3(CCNCC3)c3cc(Br)ccc32)cc2cc(Cl)ccc21. The van der Waals surface area contributed by atoms with Gasteiger partial charge in [0.15, 0.2) is 0 Å². The molecule has 31 heavy (non-hydrogen) atoms. The molecule has 8 heteroatoms. The summed E-state index contributed by atoms with van der Waals surface area (Å²) in [6.45, 7) is 1.43. The molecule has 6 nitrogen and oxygen atoms in total. The zero-order valence-corrected chi connectivity index (χ0v) is 18.8. The van der Waals surface area contributed by atoms with Gasteiger partial charge in [0.05, 0.1) is 17.2 Å². The third-order valence-corrected chi connectivity index (χ3v) is 7.03. The highest BCUT2D eigenvalue weighted by molar-refractivity contribution is 9.10. The van der Waals surface area contributed by atoms with E-state index in [-0.39, 0.29) is 12.5 Å². The summed E-state index contributed by atoms with van der Waals surface area (Å²) in [7, 11) is 0. The van der Waals surface area contributed by atoms with Gasteiger partial charge in [-0.1, -0.05) is 27.5 Å². The van der Waals surface area contributed by atoms with Crippen molar-refractivity contribution in [1.82, 2.24) is 9.88 Å². The fourth-order valence-electron chi connectivity index (χ4n) is 4.84. The van der Waals surface area contributed by atoms with E-state index in [9.17, 15) is 14.9 Å². The van der Waals surface area contributed by atoms with Gasteiger partial charge >= 0.3 is 0 Å². The van der Waals surface area contributed by atoms with Crippen molar-refractivity contribution in [2.75, 3.05) is 18.0 Å². The van der Waals surface area contributed by atoms with Crippen LogP contribution in [0.25, 0.3) is 10.9 Å². The molecule has 1 saturated heterocycles. The molecule has 2 amide bonds. The fraction of sp³-hybridized carbons (Fsp3) is 0.261. The minimum Gasteiger partial charge on any atom is -0.322 e. The summed E-state index contributed by atoms with van der Waals surface area (Å²) in [6.07, 6.45) is 1.27. The van der Waals surface area contributed by atoms with Crippen LogP contribution in [0.1, 0.15) is 28.9 Å². The molecule has 2 aromatic carbocycles. The fourth-order valence-corrected chi connectivity index (χ4v) is 5.38. The molecule has 156 valence electrons. The molecular formula is C23H18BrClN4O2. The molecule has 1 spiro atoms. The van der Waals surface area contributed by atoms with E-state index in [1.165, 1.54) is 4.90 Å². The molecule has 2 aliphatic heterocycles. The number of benzene rings is 2. The highest BCUT2D eigenvalue weighted by Gasteiger charge is 2.53. The van der Waals surface area contributed by atoms with Gasteiger partial charge < -0.3 is 9.88 Å². The molecule has 1 aromatic heterocycles. The van der Waals surface area contributed by atoms with Gasteiger partial charge in [-0.3, -0.25) is 9.59 Å². The van der Waals surface area contributed by atoms with Gasteiger partial charge in [-0.05, 0) is 74.0 Å². The highest BCUT2D eigenvalue weighted by atomic mass is 79.9. The number of hydrogen-bond donors (Lipinski definition) is 1. The molecular weight excluding hydrogens is 480 g/mol. The number of nitrogens with one attached hydrogen (secondary N) is 1. The zero-order chi connectivity index (χ0) is 21.8. The average molecular weight is 498 g/mol. The molecule has 0 unspecified atom stereocenters. The lowest BCUT2D eigenvalue weighted by molar-refractivity contribution is -0.123. The van der Waals surface area contributed by atoms with Crippen molar-refractivity contribution in [3.8, 4) is 6.07 Å². The first kappa shape index (κ1) is 20.3. The number of piperidine rings is 1. The van der Waals surface area contributed by atoms with E-state index < -0.39 is 11.3 Å². The van der Waals surface area contributed by atoms with Gasteiger partial charge in [0.1, 0.15) is 12.2 Å². The van der Waals surface area contributed by atoms with Gasteiger partial charge in [0, 0.05) is 20.4 Å². The first-order valence-electron chi connectivity index (χ1n) is 10.0. The minimum absolute atomic E-state index is 0.00348. The standard InChI is InChI=1S/C23H18BrClN4O2/c24-15-1-3-19-17(13-15)23(5-8-27-9-6-23)22(31)29(19)21(30)20-12-14-11-16(25)2-4-18(14)28(20)10-7-26/h1-4,11-13,27H,5-6,8-10H2. The Kier molecular flexibility index (Phi) is 4.89. The van der Waals surface area contributed by atoms with Crippen LogP contribution in [0.5, 0.6) is 0 Å². The number of hydrogen-bond acceptors (Lipinski definition) is 4. The van der Waals surface area contributed by atoms with E-state index in [1.54, 1.807) is 28.8 Å². The van der Waals surface area contributed by atoms with Gasteiger partial charge in [-0.25, -0.2) is 4.90 Å². The normalized spacial score (nSPS) is 17.2. The van der Waals surface area contributed by atoms with Gasteiger partial charge in [0.25, 0.3) is 5.91 Å². The first-order chi connectivity index (χ1) is 15.0. The number of nitrogens with zero attached hydrogens (tertiary/aromatic N) is 3. The maximum atomic E-state index is 13.8. The maximum absolute atomic E-state index is 13.8. The Balaban J connectivity index is 1.68. The lowest BCUT2D eigenvalue weighted by atomic mass is 9.74. The third-order valence-electron chi connectivity index (χ3n) is 6.30. The van der Waals surface area contributed by atoms with Gasteiger partial charge in [-0.15, -0.1) is 0 Å². The Hall–Kier alpha value is -2.66. The van der Waals surface area contributed by atoms with E-state index in [4.69, 9.17) is 11.6 Å². The van der Waals surface area contributed by atoms with E-state index >= 15 is 0 Å². The number of carbonyl (C=O) groups is 2. The van der Waals surface area contributed by atoms with Gasteiger partial charge in [-0.2, -0.15) is 5.26 Å². The topological polar surface area (TPSA) is 78.1 Å². The van der Waals surface area contributed by atoms with Crippen LogP contribution < -0.4 is 10.2 Å². The summed E-state index contributed by atoms with van der Waals surface area (Å²) in [5.74, 6) is -0.620. The molecule has 0 atom stereocenters. The first-order valence-corrected chi connectivity index (χ1v) is 11.2. The largest absolute Gasteiger partial charge is 0.322 e. The zero-order valence-electron chi connectivity index (χ0n) is 16.5. The second-order valence-electron chi connectivity index (χ2n) is 7.92. The van der Waals surface area contributed by atoms with E-state index in [0.717, 1.165) is 20.9 Å². The average Bonchev–Trinajstić information content (AvgIpc) is 3.22. The van der Waals surface area contributed by atoms with Crippen molar-refractivity contribution in [2.45, 2.75) is 24.8 Å². The summed E-state index contributed by atoms with van der Waals surface area (Å²) in [4.78, 5) is 28.9. The Morgan fingerprint density at radius 3 is 2.71 bits per heavy atom. The quantitative estimate of drug-likeness (QED) is 0.533. The number of nitriles is 1. The highest BCUT2D eigenvalue weighted by Crippen LogP contribution is 2.48. The van der Waals surface area contributed by atoms with Crippen LogP contribution in [0.15, 0.2) is 46.9 Å². The number of halogens is 2. The third kappa shape index (κ3) is 3.01. The predicted molar refractivity (Wildman–Crippen MR) is 122 cm³/mol. The molecule has 0 radical (unpaired) electrons. The van der Waals surface area contributed by atoms with Crippen molar-refractivity contribution < 1.29 is 9.59 Å². The van der Waals surface area contributed by atoms with Crippen LogP contribution in [-0.2, 0) is 16.8 Å². The molecule has 3 aromatic rings. The molecule has 0 aliphatic carbocycles.